The highest BCUT2D eigenvalue weighted by Gasteiger charge is 2.61. The maximum atomic E-state index is 10.8. The van der Waals surface area contributed by atoms with Crippen LogP contribution in [0, 0.1) is 29.6 Å². The number of rotatable bonds is 1. The minimum Gasteiger partial charge on any atom is -0.481 e. The quantitative estimate of drug-likeness (QED) is 0.616. The fraction of sp³-hybridized carbons (Fsp3) is 0.889. The molecule has 0 radical (unpaired) electrons. The summed E-state index contributed by atoms with van der Waals surface area (Å²) in [5.41, 5.74) is 0. The normalized spacial score (nSPS) is 57.6. The van der Waals surface area contributed by atoms with Gasteiger partial charge in [-0.3, -0.25) is 4.79 Å². The Bertz CT molecular complexity index is 208. The molecule has 4 fully saturated rings. The molecule has 0 aliphatic heterocycles. The number of aliphatic carboxylic acids is 1. The molecule has 0 spiro atoms. The third-order valence-corrected chi connectivity index (χ3v) is 4.17. The minimum atomic E-state index is -0.523. The van der Waals surface area contributed by atoms with Crippen LogP contribution in [0.4, 0.5) is 0 Å². The number of hydrogen-bond acceptors (Lipinski definition) is 1. The molecule has 5 atom stereocenters. The Balaban J connectivity index is 1.98. The van der Waals surface area contributed by atoms with Gasteiger partial charge in [0.2, 0.25) is 0 Å². The molecule has 0 heterocycles. The van der Waals surface area contributed by atoms with Crippen molar-refractivity contribution in [2.75, 3.05) is 0 Å². The summed E-state index contributed by atoms with van der Waals surface area (Å²) in [5.74, 6) is 2.27. The molecular formula is C9H12O2. The summed E-state index contributed by atoms with van der Waals surface area (Å²) in [6.07, 6.45) is 3.80. The van der Waals surface area contributed by atoms with Gasteiger partial charge in [0.25, 0.3) is 0 Å². The van der Waals surface area contributed by atoms with Gasteiger partial charge in [-0.1, -0.05) is 0 Å². The summed E-state index contributed by atoms with van der Waals surface area (Å²) in [7, 11) is 0. The van der Waals surface area contributed by atoms with Crippen molar-refractivity contribution >= 4 is 5.97 Å². The predicted molar refractivity (Wildman–Crippen MR) is 38.9 cm³/mol. The van der Waals surface area contributed by atoms with E-state index in [0.29, 0.717) is 11.8 Å². The van der Waals surface area contributed by atoms with Crippen molar-refractivity contribution in [3.63, 3.8) is 0 Å². The first kappa shape index (κ1) is 6.04. The molecule has 60 valence electrons. The van der Waals surface area contributed by atoms with E-state index < -0.39 is 5.97 Å². The summed E-state index contributed by atoms with van der Waals surface area (Å²) < 4.78 is 0. The molecule has 4 aliphatic rings. The Labute approximate surface area is 65.6 Å². The van der Waals surface area contributed by atoms with E-state index in [-0.39, 0.29) is 5.92 Å². The fourth-order valence-corrected chi connectivity index (χ4v) is 3.93. The topological polar surface area (TPSA) is 37.3 Å². The number of hydrogen-bond donors (Lipinski definition) is 1. The van der Waals surface area contributed by atoms with Gasteiger partial charge in [0.1, 0.15) is 0 Å². The second kappa shape index (κ2) is 1.62. The van der Waals surface area contributed by atoms with Crippen LogP contribution in [0.5, 0.6) is 0 Å². The van der Waals surface area contributed by atoms with Gasteiger partial charge >= 0.3 is 5.97 Å². The molecule has 2 nitrogen and oxygen atoms in total. The van der Waals surface area contributed by atoms with E-state index in [1.807, 2.05) is 0 Å². The number of carboxylic acids is 1. The molecule has 4 saturated carbocycles. The van der Waals surface area contributed by atoms with Crippen LogP contribution in [0.3, 0.4) is 0 Å². The average Bonchev–Trinajstić information content (AvgIpc) is 2.50. The van der Waals surface area contributed by atoms with Crippen molar-refractivity contribution in [3.8, 4) is 0 Å². The molecule has 0 aromatic rings. The lowest BCUT2D eigenvalue weighted by Gasteiger charge is -2.15. The highest BCUT2D eigenvalue weighted by Crippen LogP contribution is 2.65. The molecule has 0 saturated heterocycles. The highest BCUT2D eigenvalue weighted by molar-refractivity contribution is 5.72. The Hall–Kier alpha value is -0.530. The standard InChI is InChI=1S/C9H12O2/c10-9(11)8-6-2-4-1-5(6)3-7(4)8/h4-8H,1-3H2,(H,10,11)/t4-,5+,6-,7-,8?/m0/s1. The van der Waals surface area contributed by atoms with Crippen LogP contribution in [0.25, 0.3) is 0 Å². The Morgan fingerprint density at radius 2 is 1.64 bits per heavy atom. The molecule has 1 N–H and O–H groups in total. The van der Waals surface area contributed by atoms with Gasteiger partial charge in [0, 0.05) is 0 Å². The van der Waals surface area contributed by atoms with E-state index in [1.165, 1.54) is 19.3 Å². The predicted octanol–water partition coefficient (Wildman–Crippen LogP) is 1.36. The molecule has 4 aliphatic carbocycles. The second-order valence-electron chi connectivity index (χ2n) is 4.42. The SMILES string of the molecule is O=C(O)C1[C@H]2C[C@@H]3C[C@@H]2C[C@H]13. The largest absolute Gasteiger partial charge is 0.481 e. The summed E-state index contributed by atoms with van der Waals surface area (Å²) in [6, 6.07) is 0. The Morgan fingerprint density at radius 3 is 1.91 bits per heavy atom. The molecule has 2 heteroatoms. The van der Waals surface area contributed by atoms with Gasteiger partial charge in [-0.05, 0) is 42.9 Å². The second-order valence-corrected chi connectivity index (χ2v) is 4.42. The smallest absolute Gasteiger partial charge is 0.307 e. The van der Waals surface area contributed by atoms with Gasteiger partial charge in [-0.25, -0.2) is 0 Å². The Morgan fingerprint density at radius 1 is 1.09 bits per heavy atom. The summed E-state index contributed by atoms with van der Waals surface area (Å²) >= 11 is 0. The van der Waals surface area contributed by atoms with Crippen LogP contribution < -0.4 is 0 Å². The fourth-order valence-electron chi connectivity index (χ4n) is 3.93. The van der Waals surface area contributed by atoms with Crippen molar-refractivity contribution in [1.82, 2.24) is 0 Å². The van der Waals surface area contributed by atoms with Crippen molar-refractivity contribution < 1.29 is 9.90 Å². The van der Waals surface area contributed by atoms with E-state index >= 15 is 0 Å². The molecular weight excluding hydrogens is 140 g/mol. The maximum absolute atomic E-state index is 10.8. The van der Waals surface area contributed by atoms with Crippen LogP contribution >= 0.6 is 0 Å². The summed E-state index contributed by atoms with van der Waals surface area (Å²) in [5, 5.41) is 8.93. The molecule has 4 rings (SSSR count). The number of carboxylic acid groups (broad SMARTS) is 1. The highest BCUT2D eigenvalue weighted by atomic mass is 16.4. The molecule has 1 unspecified atom stereocenters. The van der Waals surface area contributed by atoms with E-state index in [0.717, 1.165) is 11.8 Å². The monoisotopic (exact) mass is 152 g/mol. The van der Waals surface area contributed by atoms with Crippen molar-refractivity contribution in [2.45, 2.75) is 19.3 Å². The molecule has 0 aromatic carbocycles. The summed E-state index contributed by atoms with van der Waals surface area (Å²) in [4.78, 5) is 10.8. The van der Waals surface area contributed by atoms with E-state index in [2.05, 4.69) is 0 Å². The van der Waals surface area contributed by atoms with Crippen LogP contribution in [0.2, 0.25) is 0 Å². The average molecular weight is 152 g/mol. The zero-order chi connectivity index (χ0) is 7.59. The van der Waals surface area contributed by atoms with E-state index in [4.69, 9.17) is 5.11 Å². The third-order valence-electron chi connectivity index (χ3n) is 4.17. The lowest BCUT2D eigenvalue weighted by atomic mass is 9.89. The van der Waals surface area contributed by atoms with Crippen LogP contribution in [0.15, 0.2) is 0 Å². The molecule has 11 heavy (non-hydrogen) atoms. The van der Waals surface area contributed by atoms with Crippen LogP contribution in [-0.2, 0) is 4.79 Å². The first-order chi connectivity index (χ1) is 5.27. The molecule has 4 bridgehead atoms. The van der Waals surface area contributed by atoms with Crippen molar-refractivity contribution in [1.29, 1.82) is 0 Å². The van der Waals surface area contributed by atoms with Gasteiger partial charge in [-0.15, -0.1) is 0 Å². The van der Waals surface area contributed by atoms with Crippen molar-refractivity contribution in [2.24, 2.45) is 29.6 Å². The van der Waals surface area contributed by atoms with Gasteiger partial charge in [0.05, 0.1) is 5.92 Å². The maximum Gasteiger partial charge on any atom is 0.307 e. The summed E-state index contributed by atoms with van der Waals surface area (Å²) in [6.45, 7) is 0. The lowest BCUT2D eigenvalue weighted by molar-refractivity contribution is -0.144. The van der Waals surface area contributed by atoms with Gasteiger partial charge in [0.15, 0.2) is 0 Å². The zero-order valence-electron chi connectivity index (χ0n) is 6.36. The molecule has 0 aromatic heterocycles. The van der Waals surface area contributed by atoms with Gasteiger partial charge < -0.3 is 5.11 Å². The molecule has 0 amide bonds. The third kappa shape index (κ3) is 0.534. The van der Waals surface area contributed by atoms with Crippen molar-refractivity contribution in [3.05, 3.63) is 0 Å². The van der Waals surface area contributed by atoms with Crippen LogP contribution in [0.1, 0.15) is 19.3 Å². The van der Waals surface area contributed by atoms with E-state index in [9.17, 15) is 4.79 Å². The lowest BCUT2D eigenvalue weighted by Crippen LogP contribution is -2.22. The first-order valence-electron chi connectivity index (χ1n) is 4.50. The first-order valence-corrected chi connectivity index (χ1v) is 4.50. The minimum absolute atomic E-state index is 0.0544. The van der Waals surface area contributed by atoms with E-state index in [1.54, 1.807) is 0 Å². The number of carbonyl (C=O) groups is 1. The van der Waals surface area contributed by atoms with Crippen LogP contribution in [-0.4, -0.2) is 11.1 Å². The zero-order valence-corrected chi connectivity index (χ0v) is 6.36. The van der Waals surface area contributed by atoms with Gasteiger partial charge in [-0.2, -0.15) is 0 Å². The Kier molecular flexibility index (Phi) is 0.890.